The van der Waals surface area contributed by atoms with Crippen molar-refractivity contribution in [2.75, 3.05) is 44.6 Å². The number of carbonyl (C=O) groups excluding carboxylic acids is 1. The van der Waals surface area contributed by atoms with E-state index in [0.29, 0.717) is 17.4 Å². The van der Waals surface area contributed by atoms with E-state index in [4.69, 9.17) is 11.6 Å². The number of hydrogen-bond donors (Lipinski definition) is 2. The molecule has 140 valence electrons. The first-order valence-electron chi connectivity index (χ1n) is 8.71. The van der Waals surface area contributed by atoms with Crippen molar-refractivity contribution < 1.29 is 14.3 Å². The lowest BCUT2D eigenvalue weighted by Crippen LogP contribution is -2.55. The van der Waals surface area contributed by atoms with Gasteiger partial charge in [-0.2, -0.15) is 0 Å². The molecule has 0 saturated carbocycles. The summed E-state index contributed by atoms with van der Waals surface area (Å²) in [6.45, 7) is 8.06. The Morgan fingerprint density at radius 1 is 1.44 bits per heavy atom. The maximum atomic E-state index is 13.8. The van der Waals surface area contributed by atoms with Gasteiger partial charge in [0.2, 0.25) is 5.91 Å². The van der Waals surface area contributed by atoms with Gasteiger partial charge in [0.25, 0.3) is 0 Å². The van der Waals surface area contributed by atoms with E-state index in [2.05, 4.69) is 29.0 Å². The van der Waals surface area contributed by atoms with Crippen LogP contribution in [-0.4, -0.2) is 66.2 Å². The zero-order chi connectivity index (χ0) is 18.4. The molecule has 1 amide bonds. The molecular formula is C18H27ClFN3O2. The Labute approximate surface area is 153 Å². The number of amides is 1. The van der Waals surface area contributed by atoms with E-state index in [-0.39, 0.29) is 30.8 Å². The van der Waals surface area contributed by atoms with E-state index < -0.39 is 5.82 Å². The standard InChI is InChI=1S/C18H27ClFN3O2/c1-13(2)10-23-7-6-22(11-15(23)5-8-24)12-18(25)21-17-4-3-14(19)9-16(17)20/h3-4,9,13,15,24H,5-8,10-12H2,1-2H3,(H,21,25)/t15-/m0/s1. The molecule has 1 aromatic carbocycles. The van der Waals surface area contributed by atoms with Gasteiger partial charge in [-0.05, 0) is 30.5 Å². The molecular weight excluding hydrogens is 345 g/mol. The SMILES string of the molecule is CC(C)CN1CCN(CC(=O)Nc2ccc(Cl)cc2F)C[C@@H]1CCO. The lowest BCUT2D eigenvalue weighted by atomic mass is 10.1. The molecule has 1 atom stereocenters. The Bertz CT molecular complexity index is 585. The Hall–Kier alpha value is -1.21. The number of nitrogens with zero attached hydrogens (tertiary/aromatic N) is 2. The summed E-state index contributed by atoms with van der Waals surface area (Å²) in [5, 5.41) is 12.2. The van der Waals surface area contributed by atoms with E-state index in [0.717, 1.165) is 26.2 Å². The third kappa shape index (κ3) is 6.22. The van der Waals surface area contributed by atoms with Crippen LogP contribution in [0.3, 0.4) is 0 Å². The minimum Gasteiger partial charge on any atom is -0.396 e. The van der Waals surface area contributed by atoms with Crippen LogP contribution in [0.25, 0.3) is 0 Å². The summed E-state index contributed by atoms with van der Waals surface area (Å²) in [4.78, 5) is 16.7. The van der Waals surface area contributed by atoms with Crippen molar-refractivity contribution in [2.45, 2.75) is 26.3 Å². The molecule has 2 rings (SSSR count). The summed E-state index contributed by atoms with van der Waals surface area (Å²) in [5.41, 5.74) is 0.139. The molecule has 1 saturated heterocycles. The molecule has 0 aromatic heterocycles. The van der Waals surface area contributed by atoms with Gasteiger partial charge in [0.15, 0.2) is 0 Å². The highest BCUT2D eigenvalue weighted by molar-refractivity contribution is 6.30. The van der Waals surface area contributed by atoms with Crippen LogP contribution >= 0.6 is 11.6 Å². The number of halogens is 2. The molecule has 0 aliphatic carbocycles. The molecule has 0 bridgehead atoms. The number of carbonyl (C=O) groups is 1. The highest BCUT2D eigenvalue weighted by Crippen LogP contribution is 2.19. The lowest BCUT2D eigenvalue weighted by Gasteiger charge is -2.42. The quantitative estimate of drug-likeness (QED) is 0.773. The Balaban J connectivity index is 1.90. The first-order valence-corrected chi connectivity index (χ1v) is 9.09. The van der Waals surface area contributed by atoms with Crippen molar-refractivity contribution in [1.29, 1.82) is 0 Å². The Kier molecular flexibility index (Phi) is 7.62. The first-order chi connectivity index (χ1) is 11.9. The van der Waals surface area contributed by atoms with Gasteiger partial charge in [-0.25, -0.2) is 4.39 Å². The normalized spacial score (nSPS) is 19.4. The molecule has 1 heterocycles. The molecule has 7 heteroatoms. The number of hydrogen-bond acceptors (Lipinski definition) is 4. The number of benzene rings is 1. The predicted octanol–water partition coefficient (Wildman–Crippen LogP) is 2.44. The smallest absolute Gasteiger partial charge is 0.238 e. The van der Waals surface area contributed by atoms with E-state index in [1.807, 2.05) is 0 Å². The maximum Gasteiger partial charge on any atom is 0.238 e. The zero-order valence-electron chi connectivity index (χ0n) is 14.8. The second kappa shape index (κ2) is 9.48. The van der Waals surface area contributed by atoms with Gasteiger partial charge in [0.05, 0.1) is 12.2 Å². The van der Waals surface area contributed by atoms with Crippen molar-refractivity contribution in [3.05, 3.63) is 29.0 Å². The van der Waals surface area contributed by atoms with E-state index in [1.54, 1.807) is 6.07 Å². The van der Waals surface area contributed by atoms with Crippen LogP contribution in [-0.2, 0) is 4.79 Å². The van der Waals surface area contributed by atoms with Gasteiger partial charge in [-0.15, -0.1) is 0 Å². The summed E-state index contributed by atoms with van der Waals surface area (Å²) in [6, 6.07) is 4.42. The average Bonchev–Trinajstić information content (AvgIpc) is 2.52. The van der Waals surface area contributed by atoms with E-state index in [9.17, 15) is 14.3 Å². The average molecular weight is 372 g/mol. The predicted molar refractivity (Wildman–Crippen MR) is 98.4 cm³/mol. The van der Waals surface area contributed by atoms with Crippen LogP contribution < -0.4 is 5.32 Å². The van der Waals surface area contributed by atoms with Crippen LogP contribution in [0.2, 0.25) is 5.02 Å². The second-order valence-corrected chi connectivity index (χ2v) is 7.40. The van der Waals surface area contributed by atoms with Crippen LogP contribution in [0.4, 0.5) is 10.1 Å². The number of rotatable bonds is 7. The Morgan fingerprint density at radius 3 is 2.84 bits per heavy atom. The van der Waals surface area contributed by atoms with Gasteiger partial charge >= 0.3 is 0 Å². The number of nitrogens with one attached hydrogen (secondary N) is 1. The van der Waals surface area contributed by atoms with Crippen molar-refractivity contribution in [3.63, 3.8) is 0 Å². The lowest BCUT2D eigenvalue weighted by molar-refractivity contribution is -0.118. The number of piperazine rings is 1. The van der Waals surface area contributed by atoms with Crippen molar-refractivity contribution >= 4 is 23.2 Å². The molecule has 1 aliphatic heterocycles. The second-order valence-electron chi connectivity index (χ2n) is 6.96. The summed E-state index contributed by atoms with van der Waals surface area (Å²) in [6.07, 6.45) is 0.691. The zero-order valence-corrected chi connectivity index (χ0v) is 15.6. The molecule has 1 aromatic rings. The molecule has 0 unspecified atom stereocenters. The van der Waals surface area contributed by atoms with Gasteiger partial charge in [-0.1, -0.05) is 25.4 Å². The van der Waals surface area contributed by atoms with Gasteiger partial charge < -0.3 is 10.4 Å². The van der Waals surface area contributed by atoms with Crippen LogP contribution in [0.1, 0.15) is 20.3 Å². The third-order valence-corrected chi connectivity index (χ3v) is 4.56. The first kappa shape index (κ1) is 20.1. The monoisotopic (exact) mass is 371 g/mol. The molecule has 0 radical (unpaired) electrons. The summed E-state index contributed by atoms with van der Waals surface area (Å²) in [5.74, 6) is -0.231. The molecule has 0 spiro atoms. The van der Waals surface area contributed by atoms with E-state index >= 15 is 0 Å². The summed E-state index contributed by atoms with van der Waals surface area (Å²) >= 11 is 5.72. The van der Waals surface area contributed by atoms with Crippen LogP contribution in [0.15, 0.2) is 18.2 Å². The molecule has 5 nitrogen and oxygen atoms in total. The van der Waals surface area contributed by atoms with Crippen molar-refractivity contribution in [1.82, 2.24) is 9.80 Å². The fourth-order valence-corrected chi connectivity index (χ4v) is 3.38. The van der Waals surface area contributed by atoms with Gasteiger partial charge in [-0.3, -0.25) is 14.6 Å². The Morgan fingerprint density at radius 2 is 2.20 bits per heavy atom. The number of aliphatic hydroxyl groups is 1. The number of aliphatic hydroxyl groups excluding tert-OH is 1. The maximum absolute atomic E-state index is 13.8. The molecule has 1 fully saturated rings. The number of anilines is 1. The minimum atomic E-state index is -0.541. The van der Waals surface area contributed by atoms with Crippen LogP contribution in [0.5, 0.6) is 0 Å². The molecule has 1 aliphatic rings. The molecule has 2 N–H and O–H groups in total. The molecule has 25 heavy (non-hydrogen) atoms. The van der Waals surface area contributed by atoms with Gasteiger partial charge in [0, 0.05) is 43.9 Å². The largest absolute Gasteiger partial charge is 0.396 e. The summed E-state index contributed by atoms with van der Waals surface area (Å²) in [7, 11) is 0. The van der Waals surface area contributed by atoms with Gasteiger partial charge in [0.1, 0.15) is 5.82 Å². The highest BCUT2D eigenvalue weighted by Gasteiger charge is 2.28. The van der Waals surface area contributed by atoms with Crippen molar-refractivity contribution in [2.24, 2.45) is 5.92 Å². The highest BCUT2D eigenvalue weighted by atomic mass is 35.5. The fourth-order valence-electron chi connectivity index (χ4n) is 3.22. The minimum absolute atomic E-state index is 0.134. The fraction of sp³-hybridized carbons (Fsp3) is 0.611. The summed E-state index contributed by atoms with van der Waals surface area (Å²) < 4.78 is 13.8. The van der Waals surface area contributed by atoms with Crippen molar-refractivity contribution in [3.8, 4) is 0 Å². The van der Waals surface area contributed by atoms with E-state index in [1.165, 1.54) is 12.1 Å². The topological polar surface area (TPSA) is 55.8 Å². The third-order valence-electron chi connectivity index (χ3n) is 4.32. The van der Waals surface area contributed by atoms with Crippen LogP contribution in [0, 0.1) is 11.7 Å².